The largest absolute Gasteiger partial charge is 0.486 e. The van der Waals surface area contributed by atoms with Crippen LogP contribution in [0.4, 0.5) is 0 Å². The van der Waals surface area contributed by atoms with E-state index >= 15 is 0 Å². The molecular formula is C21H23NO2. The predicted molar refractivity (Wildman–Crippen MR) is 94.2 cm³/mol. The van der Waals surface area contributed by atoms with Crippen LogP contribution in [0.5, 0.6) is 5.75 Å². The summed E-state index contributed by atoms with van der Waals surface area (Å²) in [5, 5.41) is 0. The van der Waals surface area contributed by atoms with Crippen molar-refractivity contribution < 1.29 is 9.53 Å². The van der Waals surface area contributed by atoms with E-state index in [1.807, 2.05) is 24.3 Å². The lowest BCUT2D eigenvalue weighted by Gasteiger charge is -2.48. The minimum Gasteiger partial charge on any atom is -0.486 e. The van der Waals surface area contributed by atoms with Gasteiger partial charge in [0.25, 0.3) is 0 Å². The average Bonchev–Trinajstić information content (AvgIpc) is 2.60. The fourth-order valence-corrected chi connectivity index (χ4v) is 4.05. The molecule has 1 saturated heterocycles. The third-order valence-electron chi connectivity index (χ3n) is 5.49. The average molecular weight is 321 g/mol. The van der Waals surface area contributed by atoms with Gasteiger partial charge in [0, 0.05) is 32.0 Å². The molecule has 1 fully saturated rings. The summed E-state index contributed by atoms with van der Waals surface area (Å²) in [6.45, 7) is 5.11. The zero-order valence-corrected chi connectivity index (χ0v) is 14.1. The highest BCUT2D eigenvalue weighted by molar-refractivity contribution is 6.00. The molecule has 2 atom stereocenters. The van der Waals surface area contributed by atoms with Gasteiger partial charge < -0.3 is 4.74 Å². The summed E-state index contributed by atoms with van der Waals surface area (Å²) >= 11 is 0. The van der Waals surface area contributed by atoms with Gasteiger partial charge in [0.1, 0.15) is 11.4 Å². The monoisotopic (exact) mass is 321 g/mol. The Morgan fingerprint density at radius 2 is 1.88 bits per heavy atom. The van der Waals surface area contributed by atoms with E-state index in [9.17, 15) is 4.79 Å². The quantitative estimate of drug-likeness (QED) is 0.839. The smallest absolute Gasteiger partial charge is 0.170 e. The highest BCUT2D eigenvalue weighted by Crippen LogP contribution is 2.42. The van der Waals surface area contributed by atoms with Crippen molar-refractivity contribution in [1.82, 2.24) is 4.90 Å². The number of benzene rings is 2. The molecule has 2 aliphatic heterocycles. The van der Waals surface area contributed by atoms with Crippen molar-refractivity contribution in [2.45, 2.75) is 31.9 Å². The molecule has 2 aromatic rings. The van der Waals surface area contributed by atoms with E-state index < -0.39 is 0 Å². The van der Waals surface area contributed by atoms with Crippen molar-refractivity contribution >= 4 is 5.78 Å². The second-order valence-corrected chi connectivity index (χ2v) is 7.13. The fraction of sp³-hybridized carbons (Fsp3) is 0.381. The molecule has 3 nitrogen and oxygen atoms in total. The Morgan fingerprint density at radius 1 is 1.12 bits per heavy atom. The van der Waals surface area contributed by atoms with Crippen LogP contribution >= 0.6 is 0 Å². The van der Waals surface area contributed by atoms with Crippen LogP contribution in [0, 0.1) is 5.92 Å². The van der Waals surface area contributed by atoms with E-state index in [-0.39, 0.29) is 11.4 Å². The van der Waals surface area contributed by atoms with E-state index in [1.54, 1.807) is 0 Å². The third-order valence-corrected chi connectivity index (χ3v) is 5.49. The summed E-state index contributed by atoms with van der Waals surface area (Å²) < 4.78 is 6.39. The van der Waals surface area contributed by atoms with Gasteiger partial charge in [-0.15, -0.1) is 0 Å². The molecule has 2 aromatic carbocycles. The van der Waals surface area contributed by atoms with E-state index in [1.165, 1.54) is 5.56 Å². The number of hydrogen-bond donors (Lipinski definition) is 0. The molecule has 3 heteroatoms. The van der Waals surface area contributed by atoms with Gasteiger partial charge >= 0.3 is 0 Å². The van der Waals surface area contributed by atoms with Crippen molar-refractivity contribution in [2.75, 3.05) is 13.1 Å². The maximum absolute atomic E-state index is 12.6. The van der Waals surface area contributed by atoms with Crippen molar-refractivity contribution in [1.29, 1.82) is 0 Å². The Morgan fingerprint density at radius 3 is 2.67 bits per heavy atom. The lowest BCUT2D eigenvalue weighted by atomic mass is 9.75. The van der Waals surface area contributed by atoms with Gasteiger partial charge in [0.15, 0.2) is 5.78 Å². The number of rotatable bonds is 2. The van der Waals surface area contributed by atoms with Crippen LogP contribution < -0.4 is 4.74 Å². The van der Waals surface area contributed by atoms with Crippen LogP contribution in [0.2, 0.25) is 0 Å². The number of likely N-dealkylation sites (tertiary alicyclic amines) is 1. The second kappa shape index (κ2) is 6.06. The number of carbonyl (C=O) groups is 1. The second-order valence-electron chi connectivity index (χ2n) is 7.13. The molecule has 0 aromatic heterocycles. The molecule has 2 aliphatic rings. The summed E-state index contributed by atoms with van der Waals surface area (Å²) in [4.78, 5) is 15.1. The first kappa shape index (κ1) is 15.4. The first-order valence-corrected chi connectivity index (χ1v) is 8.74. The summed E-state index contributed by atoms with van der Waals surface area (Å²) in [7, 11) is 0. The molecule has 0 saturated carbocycles. The van der Waals surface area contributed by atoms with Crippen molar-refractivity contribution in [2.24, 2.45) is 5.92 Å². The maximum Gasteiger partial charge on any atom is 0.170 e. The zero-order chi connectivity index (χ0) is 16.6. The number of ketones is 1. The maximum atomic E-state index is 12.6. The van der Waals surface area contributed by atoms with E-state index in [4.69, 9.17) is 4.74 Å². The minimum atomic E-state index is -0.335. The zero-order valence-electron chi connectivity index (χ0n) is 14.1. The Labute approximate surface area is 143 Å². The minimum absolute atomic E-state index is 0.222. The fourth-order valence-electron chi connectivity index (χ4n) is 4.05. The van der Waals surface area contributed by atoms with Gasteiger partial charge in [-0.05, 0) is 17.7 Å². The van der Waals surface area contributed by atoms with Gasteiger partial charge in [-0.25, -0.2) is 0 Å². The van der Waals surface area contributed by atoms with Crippen molar-refractivity contribution in [3.05, 3.63) is 65.7 Å². The Kier molecular flexibility index (Phi) is 3.89. The summed E-state index contributed by atoms with van der Waals surface area (Å²) in [6, 6.07) is 18.2. The lowest BCUT2D eigenvalue weighted by molar-refractivity contribution is -0.0518. The molecule has 124 valence electrons. The number of fused-ring (bicyclic) bond motifs is 1. The van der Waals surface area contributed by atoms with Gasteiger partial charge in [-0.2, -0.15) is 0 Å². The SMILES string of the molecule is CC1CN(Cc2ccccc2)CCC12CC(=O)c1ccccc1O2. The van der Waals surface area contributed by atoms with Gasteiger partial charge in [-0.3, -0.25) is 9.69 Å². The third kappa shape index (κ3) is 2.73. The highest BCUT2D eigenvalue weighted by Gasteiger charge is 2.47. The van der Waals surface area contributed by atoms with Gasteiger partial charge in [-0.1, -0.05) is 49.4 Å². The molecule has 0 aliphatic carbocycles. The summed E-state index contributed by atoms with van der Waals surface area (Å²) in [6.07, 6.45) is 1.41. The number of piperidine rings is 1. The molecule has 0 bridgehead atoms. The van der Waals surface area contributed by atoms with E-state index in [2.05, 4.69) is 42.2 Å². The molecule has 2 unspecified atom stereocenters. The normalized spacial score (nSPS) is 26.9. The standard InChI is InChI=1S/C21H23NO2/c1-16-14-22(15-17-7-3-2-4-8-17)12-11-21(16)13-19(23)18-9-5-6-10-20(18)24-21/h2-10,16H,11-15H2,1H3. The number of para-hydroxylation sites is 1. The van der Waals surface area contributed by atoms with Crippen molar-refractivity contribution in [3.63, 3.8) is 0 Å². The van der Waals surface area contributed by atoms with Gasteiger partial charge in [0.05, 0.1) is 12.0 Å². The highest BCUT2D eigenvalue weighted by atomic mass is 16.5. The molecule has 2 heterocycles. The molecule has 24 heavy (non-hydrogen) atoms. The van der Waals surface area contributed by atoms with Crippen LogP contribution in [-0.4, -0.2) is 29.4 Å². The first-order chi connectivity index (χ1) is 11.7. The Balaban J connectivity index is 1.50. The summed E-state index contributed by atoms with van der Waals surface area (Å²) in [5.74, 6) is 1.31. The molecular weight excluding hydrogens is 298 g/mol. The lowest BCUT2D eigenvalue weighted by Crippen LogP contribution is -2.56. The number of Topliss-reactive ketones (excluding diaryl/α,β-unsaturated/α-hetero) is 1. The van der Waals surface area contributed by atoms with E-state index in [0.717, 1.165) is 37.4 Å². The number of nitrogens with zero attached hydrogens (tertiary/aromatic N) is 1. The van der Waals surface area contributed by atoms with Crippen LogP contribution in [0.3, 0.4) is 0 Å². The molecule has 0 N–H and O–H groups in total. The molecule has 0 radical (unpaired) electrons. The van der Waals surface area contributed by atoms with Crippen LogP contribution in [-0.2, 0) is 6.54 Å². The molecule has 1 spiro atoms. The van der Waals surface area contributed by atoms with Gasteiger partial charge in [0.2, 0.25) is 0 Å². The van der Waals surface area contributed by atoms with Crippen molar-refractivity contribution in [3.8, 4) is 5.75 Å². The van der Waals surface area contributed by atoms with Crippen LogP contribution in [0.1, 0.15) is 35.7 Å². The molecule has 4 rings (SSSR count). The summed E-state index contributed by atoms with van der Waals surface area (Å²) in [5.41, 5.74) is 1.74. The molecule has 0 amide bonds. The number of carbonyl (C=O) groups excluding carboxylic acids is 1. The Bertz CT molecular complexity index is 743. The Hall–Kier alpha value is -2.13. The topological polar surface area (TPSA) is 29.5 Å². The number of ether oxygens (including phenoxy) is 1. The van der Waals surface area contributed by atoms with Crippen LogP contribution in [0.15, 0.2) is 54.6 Å². The predicted octanol–water partition coefficient (Wildman–Crippen LogP) is 3.93. The van der Waals surface area contributed by atoms with E-state index in [0.29, 0.717) is 12.3 Å². The first-order valence-electron chi connectivity index (χ1n) is 8.74. The number of hydrogen-bond acceptors (Lipinski definition) is 3. The van der Waals surface area contributed by atoms with Crippen LogP contribution in [0.25, 0.3) is 0 Å².